The zero-order valence-electron chi connectivity index (χ0n) is 46.2. The largest absolute Gasteiger partial charge is 0.478 e. The highest BCUT2D eigenvalue weighted by Gasteiger charge is 2.21. The Morgan fingerprint density at radius 1 is 0.368 bits per heavy atom. The Hall–Kier alpha value is -9.90. The lowest BCUT2D eigenvalue weighted by atomic mass is 10.00. The number of carboxylic acid groups (broad SMARTS) is 3. The van der Waals surface area contributed by atoms with E-state index in [4.69, 9.17) is 0 Å². The minimum Gasteiger partial charge on any atom is -0.478 e. The van der Waals surface area contributed by atoms with E-state index in [1.54, 1.807) is 121 Å². The van der Waals surface area contributed by atoms with Crippen LogP contribution in [-0.4, -0.2) is 64.3 Å². The summed E-state index contributed by atoms with van der Waals surface area (Å²) in [4.78, 5) is 44.7. The van der Waals surface area contributed by atoms with Crippen molar-refractivity contribution in [1.29, 1.82) is 0 Å². The van der Waals surface area contributed by atoms with Crippen molar-refractivity contribution in [2.45, 2.75) is 60.1 Å². The first-order chi connectivity index (χ1) is 41.4. The highest BCUT2D eigenvalue weighted by Crippen LogP contribution is 2.25. The average Bonchev–Trinajstić information content (AvgIpc) is 3.22. The number of Topliss-reactive ketones (excluding diaryl/α,β-unsaturated/α-hetero) is 1. The summed E-state index contributed by atoms with van der Waals surface area (Å²) in [6.45, 7) is 1.42. The number of ketones is 1. The summed E-state index contributed by atoms with van der Waals surface area (Å²) < 4.78 is 122. The van der Waals surface area contributed by atoms with E-state index < -0.39 is 70.3 Å². The monoisotopic (exact) mass is 1240 g/mol. The van der Waals surface area contributed by atoms with Crippen LogP contribution in [0, 0.1) is 17.5 Å². The van der Waals surface area contributed by atoms with Gasteiger partial charge in [-0.1, -0.05) is 103 Å². The number of halogens is 3. The molecule has 0 aromatic heterocycles. The first-order valence-corrected chi connectivity index (χ1v) is 30.9. The number of hydrogen-bond acceptors (Lipinski definition) is 10. The van der Waals surface area contributed by atoms with Crippen LogP contribution in [0.5, 0.6) is 0 Å². The number of benzene rings is 9. The molecule has 6 N–H and O–H groups in total. The minimum atomic E-state index is -4.23. The van der Waals surface area contributed by atoms with Crippen molar-refractivity contribution < 1.29 is 72.9 Å². The van der Waals surface area contributed by atoms with Gasteiger partial charge in [-0.25, -0.2) is 52.8 Å². The van der Waals surface area contributed by atoms with Crippen LogP contribution in [-0.2, 0) is 68.6 Å². The molecule has 9 aromatic carbocycles. The smallest absolute Gasteiger partial charge is 0.335 e. The van der Waals surface area contributed by atoms with E-state index in [1.807, 2.05) is 12.1 Å². The fourth-order valence-corrected chi connectivity index (χ4v) is 12.1. The molecule has 0 unspecified atom stereocenters. The van der Waals surface area contributed by atoms with E-state index in [9.17, 15) is 72.9 Å². The molecule has 22 heteroatoms. The number of nitrogens with one attached hydrogen (secondary N) is 3. The molecule has 9 aromatic rings. The van der Waals surface area contributed by atoms with Gasteiger partial charge in [-0.15, -0.1) is 0 Å². The topological polar surface area (TPSA) is 267 Å². The van der Waals surface area contributed by atoms with Crippen molar-refractivity contribution >= 4 is 70.8 Å². The second-order valence-electron chi connectivity index (χ2n) is 19.4. The number of hydrogen-bond donors (Lipinski definition) is 6. The predicted molar refractivity (Wildman–Crippen MR) is 323 cm³/mol. The van der Waals surface area contributed by atoms with Gasteiger partial charge in [-0.3, -0.25) is 19.0 Å². The first kappa shape index (κ1) is 64.7. The van der Waals surface area contributed by atoms with Crippen molar-refractivity contribution in [1.82, 2.24) is 0 Å². The Bertz CT molecular complexity index is 4320. The molecule has 9 rings (SSSR count). The average molecular weight is 1240 g/mol. The summed E-state index contributed by atoms with van der Waals surface area (Å²) in [7, 11) is -11.9. The molecule has 0 aliphatic heterocycles. The Kier molecular flexibility index (Phi) is 21.8. The summed E-state index contributed by atoms with van der Waals surface area (Å²) >= 11 is 0. The van der Waals surface area contributed by atoms with Gasteiger partial charge in [0.2, 0.25) is 0 Å². The molecule has 0 saturated carbocycles. The quantitative estimate of drug-likeness (QED) is 0.0345. The Labute approximate surface area is 500 Å². The maximum absolute atomic E-state index is 13.8. The molecule has 0 amide bonds. The van der Waals surface area contributed by atoms with E-state index in [0.717, 1.165) is 46.5 Å². The maximum Gasteiger partial charge on any atom is 0.335 e. The van der Waals surface area contributed by atoms with Crippen LogP contribution in [0.25, 0.3) is 0 Å². The third kappa shape index (κ3) is 18.5. The summed E-state index contributed by atoms with van der Waals surface area (Å²) in [5, 5.41) is 27.8. The fraction of sp³-hybridized carbons (Fsp3) is 0.108. The molecule has 0 bridgehead atoms. The summed E-state index contributed by atoms with van der Waals surface area (Å²) in [6.07, 6.45) is 3.07. The van der Waals surface area contributed by atoms with Crippen molar-refractivity contribution in [2.24, 2.45) is 0 Å². The molecule has 0 fully saturated rings. The first-order valence-electron chi connectivity index (χ1n) is 26.5. The van der Waals surface area contributed by atoms with Crippen molar-refractivity contribution in [2.75, 3.05) is 14.2 Å². The number of sulfonamides is 3. The molecule has 0 aliphatic carbocycles. The molecule has 16 nitrogen and oxygen atoms in total. The normalized spacial score (nSPS) is 11.2. The zero-order chi connectivity index (χ0) is 62.9. The summed E-state index contributed by atoms with van der Waals surface area (Å²) in [5.41, 5.74) is 6.81. The highest BCUT2D eigenvalue weighted by molar-refractivity contribution is 7.93. The molecule has 0 saturated heterocycles. The Morgan fingerprint density at radius 2 is 0.701 bits per heavy atom. The van der Waals surface area contributed by atoms with Gasteiger partial charge in [0, 0.05) is 28.7 Å². The third-order valence-electron chi connectivity index (χ3n) is 13.2. The number of anilines is 3. The second kappa shape index (κ2) is 29.3. The number of carboxylic acids is 3. The maximum atomic E-state index is 13.8. The van der Waals surface area contributed by atoms with Gasteiger partial charge in [0.05, 0.1) is 26.5 Å². The zero-order valence-corrected chi connectivity index (χ0v) is 48.7. The van der Waals surface area contributed by atoms with Gasteiger partial charge in [0.1, 0.15) is 22.3 Å². The molecule has 448 valence electrons. The van der Waals surface area contributed by atoms with E-state index in [-0.39, 0.29) is 38.0 Å². The molecule has 87 heavy (non-hydrogen) atoms. The summed E-state index contributed by atoms with van der Waals surface area (Å²) in [6, 6.07) is 53.2. The summed E-state index contributed by atoms with van der Waals surface area (Å²) in [5.74, 6) is -5.65. The number of aryl methyl sites for hydroxylation is 6. The van der Waals surface area contributed by atoms with Crippen molar-refractivity contribution in [3.8, 4) is 0 Å². The van der Waals surface area contributed by atoms with Crippen LogP contribution < -0.4 is 14.2 Å². The number of carbonyl (C=O) groups excluding carboxylic acids is 1. The SMILES string of the molecule is CC(=O)c1ccc(S(=O)(=O)Nc2cccc(CCc3ccccc3C(=O)O)c2)cc1.O=C(O)c1ccccc1CCc1cccc(NS(=O)(=O)c2ccc(F)cc2)c1.O=C(O)c1ccccc1CCc1cccc(NS(=O)(=O)c2ccc(F)cc2F)c1. The van der Waals surface area contributed by atoms with Crippen LogP contribution in [0.1, 0.15) is 81.7 Å². The van der Waals surface area contributed by atoms with E-state index in [2.05, 4.69) is 14.2 Å². The van der Waals surface area contributed by atoms with Gasteiger partial charge < -0.3 is 15.3 Å². The van der Waals surface area contributed by atoms with Crippen LogP contribution in [0.3, 0.4) is 0 Å². The predicted octanol–water partition coefficient (Wildman–Crippen LogP) is 12.5. The third-order valence-corrected chi connectivity index (χ3v) is 17.4. The fourth-order valence-electron chi connectivity index (χ4n) is 8.86. The Balaban J connectivity index is 0.000000187. The molecule has 0 atom stereocenters. The lowest BCUT2D eigenvalue weighted by Crippen LogP contribution is -2.15. The van der Waals surface area contributed by atoms with Crippen LogP contribution in [0.15, 0.2) is 227 Å². The van der Waals surface area contributed by atoms with E-state index >= 15 is 0 Å². The number of rotatable bonds is 22. The molecular formula is C65H56F3N3O13S3. The lowest BCUT2D eigenvalue weighted by Gasteiger charge is -2.11. The second-order valence-corrected chi connectivity index (χ2v) is 24.4. The molecule has 0 spiro atoms. The van der Waals surface area contributed by atoms with Gasteiger partial charge >= 0.3 is 17.9 Å². The molecular weight excluding hydrogens is 1180 g/mol. The van der Waals surface area contributed by atoms with Crippen molar-refractivity contribution in [3.63, 3.8) is 0 Å². The van der Waals surface area contributed by atoms with Crippen LogP contribution >= 0.6 is 0 Å². The highest BCUT2D eigenvalue weighted by atomic mass is 32.2. The van der Waals surface area contributed by atoms with Gasteiger partial charge in [-0.05, 0) is 182 Å². The minimum absolute atomic E-state index is 0.0327. The lowest BCUT2D eigenvalue weighted by molar-refractivity contribution is 0.0684. The Morgan fingerprint density at radius 3 is 1.05 bits per heavy atom. The number of aromatic carboxylic acids is 3. The van der Waals surface area contributed by atoms with Gasteiger partial charge in [-0.2, -0.15) is 0 Å². The van der Waals surface area contributed by atoms with Gasteiger partial charge in [0.25, 0.3) is 30.1 Å². The van der Waals surface area contributed by atoms with E-state index in [0.29, 0.717) is 72.7 Å². The van der Waals surface area contributed by atoms with Gasteiger partial charge in [0.15, 0.2) is 5.78 Å². The van der Waals surface area contributed by atoms with E-state index in [1.165, 1.54) is 55.5 Å². The molecule has 0 radical (unpaired) electrons. The number of carbonyl (C=O) groups is 4. The standard InChI is InChI=1S/C23H21NO5S.C21H17F2NO4S.C21H18FNO4S/c1-16(25)18-11-13-21(14-12-18)30(28,29)24-20-7-4-5-17(15-20)9-10-19-6-2-3-8-22(19)23(26)27;22-16-10-11-20(19(23)13-16)29(27,28)24-17-6-3-4-14(12-17)8-9-15-5-1-2-7-18(15)21(25)26;22-17-10-12-19(13-11-17)28(26,27)23-18-6-3-4-15(14-18)8-9-16-5-1-2-7-20(16)21(24)25/h2-8,11-15,24H,9-10H2,1H3,(H,26,27);1-7,10-13,24H,8-9H2,(H,25,26);1-7,10-14,23H,8-9H2,(H,24,25). The van der Waals surface area contributed by atoms with Crippen LogP contribution in [0.4, 0.5) is 30.2 Å². The molecule has 0 heterocycles. The van der Waals surface area contributed by atoms with Crippen molar-refractivity contribution in [3.05, 3.63) is 285 Å². The molecule has 0 aliphatic rings. The van der Waals surface area contributed by atoms with Crippen LogP contribution in [0.2, 0.25) is 0 Å².